The maximum absolute atomic E-state index is 6.49. The summed E-state index contributed by atoms with van der Waals surface area (Å²) in [5.74, 6) is 0. The number of piperazine rings is 1. The highest BCUT2D eigenvalue weighted by molar-refractivity contribution is 5.29. The van der Waals surface area contributed by atoms with Crippen molar-refractivity contribution in [3.8, 4) is 0 Å². The first-order chi connectivity index (χ1) is 12.3. The highest BCUT2D eigenvalue weighted by Gasteiger charge is 2.23. The van der Waals surface area contributed by atoms with Gasteiger partial charge in [-0.15, -0.1) is 0 Å². The van der Waals surface area contributed by atoms with Crippen molar-refractivity contribution in [3.63, 3.8) is 0 Å². The van der Waals surface area contributed by atoms with Gasteiger partial charge in [0.05, 0.1) is 6.61 Å². The highest BCUT2D eigenvalue weighted by atomic mass is 16.5. The second kappa shape index (κ2) is 9.14. The molecule has 1 aliphatic rings. The number of hydrogen-bond acceptors (Lipinski definition) is 3. The molecule has 0 N–H and O–H groups in total. The van der Waals surface area contributed by atoms with Crippen LogP contribution >= 0.6 is 0 Å². The van der Waals surface area contributed by atoms with Crippen LogP contribution in [0.25, 0.3) is 0 Å². The Morgan fingerprint density at radius 3 is 1.84 bits per heavy atom. The summed E-state index contributed by atoms with van der Waals surface area (Å²) < 4.78 is 6.49. The topological polar surface area (TPSA) is 15.7 Å². The minimum atomic E-state index is 0.00362. The number of ether oxygens (including phenoxy) is 1. The minimum absolute atomic E-state index is 0.00362. The molecule has 0 radical (unpaired) electrons. The van der Waals surface area contributed by atoms with Gasteiger partial charge in [0, 0.05) is 32.2 Å². The van der Waals surface area contributed by atoms with Crippen LogP contribution in [0.2, 0.25) is 0 Å². The average molecular weight is 338 g/mol. The molecule has 3 nitrogen and oxygen atoms in total. The second-order valence-corrected chi connectivity index (χ2v) is 6.94. The molecule has 25 heavy (non-hydrogen) atoms. The smallest absolute Gasteiger partial charge is 0.108 e. The third-order valence-electron chi connectivity index (χ3n) is 5.19. The molecule has 0 bridgehead atoms. The molecular weight excluding hydrogens is 308 g/mol. The van der Waals surface area contributed by atoms with Gasteiger partial charge in [0.25, 0.3) is 0 Å². The van der Waals surface area contributed by atoms with E-state index < -0.39 is 0 Å². The van der Waals surface area contributed by atoms with E-state index in [1.54, 1.807) is 0 Å². The third-order valence-corrected chi connectivity index (χ3v) is 5.19. The fourth-order valence-electron chi connectivity index (χ4n) is 3.52. The molecule has 3 rings (SSSR count). The van der Waals surface area contributed by atoms with Crippen molar-refractivity contribution in [3.05, 3.63) is 71.8 Å². The predicted octanol–water partition coefficient (Wildman–Crippen LogP) is 3.82. The van der Waals surface area contributed by atoms with E-state index >= 15 is 0 Å². The Labute approximate surface area is 152 Å². The molecular formula is C22H30N2O. The number of nitrogens with zero attached hydrogens (tertiary/aromatic N) is 2. The molecule has 0 amide bonds. The molecule has 2 aromatic rings. The molecule has 134 valence electrons. The van der Waals surface area contributed by atoms with Gasteiger partial charge in [-0.05, 0) is 24.6 Å². The van der Waals surface area contributed by atoms with Crippen molar-refractivity contribution in [1.29, 1.82) is 0 Å². The van der Waals surface area contributed by atoms with Crippen LogP contribution < -0.4 is 0 Å². The summed E-state index contributed by atoms with van der Waals surface area (Å²) in [4.78, 5) is 4.99. The first-order valence-electron chi connectivity index (χ1n) is 9.42. The summed E-state index contributed by atoms with van der Waals surface area (Å²) in [6.07, 6.45) is 1.13. The summed E-state index contributed by atoms with van der Waals surface area (Å²) in [7, 11) is 2.20. The van der Waals surface area contributed by atoms with Crippen LogP contribution in [0.15, 0.2) is 60.7 Å². The highest BCUT2D eigenvalue weighted by Crippen LogP contribution is 2.26. The molecule has 2 aromatic carbocycles. The zero-order chi connectivity index (χ0) is 17.5. The number of benzene rings is 2. The molecule has 3 heteroatoms. The van der Waals surface area contributed by atoms with Gasteiger partial charge in [-0.25, -0.2) is 0 Å². The van der Waals surface area contributed by atoms with E-state index in [1.165, 1.54) is 11.1 Å². The van der Waals surface area contributed by atoms with Crippen LogP contribution in [0, 0.1) is 0 Å². The van der Waals surface area contributed by atoms with E-state index in [1.807, 2.05) is 0 Å². The van der Waals surface area contributed by atoms with Crippen LogP contribution in [0.4, 0.5) is 0 Å². The number of hydrogen-bond donors (Lipinski definition) is 0. The van der Waals surface area contributed by atoms with Crippen molar-refractivity contribution < 1.29 is 4.74 Å². The molecule has 1 heterocycles. The monoisotopic (exact) mass is 338 g/mol. The van der Waals surface area contributed by atoms with Gasteiger partial charge in [-0.1, -0.05) is 67.6 Å². The van der Waals surface area contributed by atoms with E-state index in [0.29, 0.717) is 6.04 Å². The van der Waals surface area contributed by atoms with Gasteiger partial charge in [0.15, 0.2) is 0 Å². The molecule has 0 aromatic heterocycles. The Bertz CT molecular complexity index is 569. The zero-order valence-electron chi connectivity index (χ0n) is 15.5. The second-order valence-electron chi connectivity index (χ2n) is 6.94. The van der Waals surface area contributed by atoms with Gasteiger partial charge in [0.1, 0.15) is 6.10 Å². The molecule has 1 saturated heterocycles. The Balaban J connectivity index is 1.70. The van der Waals surface area contributed by atoms with Gasteiger partial charge in [-0.2, -0.15) is 0 Å². The fourth-order valence-corrected chi connectivity index (χ4v) is 3.52. The van der Waals surface area contributed by atoms with Crippen molar-refractivity contribution >= 4 is 0 Å². The Morgan fingerprint density at radius 1 is 0.840 bits per heavy atom. The quantitative estimate of drug-likeness (QED) is 0.763. The number of likely N-dealkylation sites (N-methyl/N-ethyl adjacent to an activating group) is 1. The molecule has 1 atom stereocenters. The maximum Gasteiger partial charge on any atom is 0.108 e. The summed E-state index contributed by atoms with van der Waals surface area (Å²) in [5, 5.41) is 0. The van der Waals surface area contributed by atoms with E-state index in [0.717, 1.165) is 39.2 Å². The van der Waals surface area contributed by atoms with Gasteiger partial charge in [0.2, 0.25) is 0 Å². The number of rotatable bonds is 7. The summed E-state index contributed by atoms with van der Waals surface area (Å²) >= 11 is 0. The predicted molar refractivity (Wildman–Crippen MR) is 104 cm³/mol. The van der Waals surface area contributed by atoms with E-state index in [2.05, 4.69) is 84.4 Å². The lowest BCUT2D eigenvalue weighted by atomic mass is 10.0. The Kier molecular flexibility index (Phi) is 6.62. The normalized spacial score (nSPS) is 17.7. The molecule has 0 aliphatic carbocycles. The van der Waals surface area contributed by atoms with Gasteiger partial charge in [-0.3, -0.25) is 4.90 Å². The standard InChI is InChI=1S/C22H30N2O/c1-3-21(24-16-14-23(2)15-17-24)18-25-22(19-10-6-4-7-11-19)20-12-8-5-9-13-20/h4-13,21-22H,3,14-18H2,1-2H3. The lowest BCUT2D eigenvalue weighted by molar-refractivity contribution is 0.00942. The molecule has 1 unspecified atom stereocenters. The molecule has 0 spiro atoms. The van der Waals surface area contributed by atoms with Gasteiger partial charge < -0.3 is 9.64 Å². The average Bonchev–Trinajstić information content (AvgIpc) is 2.68. The first kappa shape index (κ1) is 18.1. The van der Waals surface area contributed by atoms with Crippen LogP contribution in [-0.4, -0.2) is 55.7 Å². The van der Waals surface area contributed by atoms with Crippen LogP contribution in [-0.2, 0) is 4.74 Å². The maximum atomic E-state index is 6.49. The lowest BCUT2D eigenvalue weighted by Gasteiger charge is -2.38. The van der Waals surface area contributed by atoms with E-state index in [-0.39, 0.29) is 6.10 Å². The SMILES string of the molecule is CCC(COC(c1ccccc1)c1ccccc1)N1CCN(C)CC1. The van der Waals surface area contributed by atoms with Gasteiger partial charge >= 0.3 is 0 Å². The van der Waals surface area contributed by atoms with E-state index in [9.17, 15) is 0 Å². The summed E-state index contributed by atoms with van der Waals surface area (Å²) in [6, 6.07) is 21.6. The Hall–Kier alpha value is -1.68. The van der Waals surface area contributed by atoms with Crippen molar-refractivity contribution in [2.75, 3.05) is 39.8 Å². The van der Waals surface area contributed by atoms with Crippen LogP contribution in [0.1, 0.15) is 30.6 Å². The summed E-state index contributed by atoms with van der Waals surface area (Å²) in [5.41, 5.74) is 2.45. The third kappa shape index (κ3) is 4.91. The zero-order valence-corrected chi connectivity index (χ0v) is 15.5. The van der Waals surface area contributed by atoms with Crippen LogP contribution in [0.3, 0.4) is 0 Å². The van der Waals surface area contributed by atoms with Crippen molar-refractivity contribution in [2.24, 2.45) is 0 Å². The first-order valence-corrected chi connectivity index (χ1v) is 9.42. The van der Waals surface area contributed by atoms with E-state index in [4.69, 9.17) is 4.74 Å². The van der Waals surface area contributed by atoms with Crippen molar-refractivity contribution in [1.82, 2.24) is 9.80 Å². The summed E-state index contributed by atoms with van der Waals surface area (Å²) in [6.45, 7) is 7.62. The molecule has 1 aliphatic heterocycles. The van der Waals surface area contributed by atoms with Crippen LogP contribution in [0.5, 0.6) is 0 Å². The Morgan fingerprint density at radius 2 is 1.36 bits per heavy atom. The lowest BCUT2D eigenvalue weighted by Crippen LogP contribution is -2.50. The fraction of sp³-hybridized carbons (Fsp3) is 0.455. The molecule has 0 saturated carbocycles. The molecule has 1 fully saturated rings. The minimum Gasteiger partial charge on any atom is -0.367 e. The van der Waals surface area contributed by atoms with Crippen molar-refractivity contribution in [2.45, 2.75) is 25.5 Å². The largest absolute Gasteiger partial charge is 0.367 e.